The molecule has 0 atom stereocenters. The Hall–Kier alpha value is -4.04. The lowest BCUT2D eigenvalue weighted by Crippen LogP contribution is -2.46. The Kier molecular flexibility index (Phi) is 6.46. The second kappa shape index (κ2) is 9.62. The largest absolute Gasteiger partial charge is 0.352 e. The van der Waals surface area contributed by atoms with E-state index < -0.39 is 28.7 Å². The van der Waals surface area contributed by atoms with Crippen molar-refractivity contribution in [3.8, 4) is 5.69 Å². The number of carbonyl (C=O) groups is 1. The zero-order valence-electron chi connectivity index (χ0n) is 17.2. The SMILES string of the molecule is O=C(NCc1ccccc1)c1nn(-c2ccccc2F)c(=O)n(Cc2cccc(Cl)c2)c1=O. The summed E-state index contributed by atoms with van der Waals surface area (Å²) in [6.45, 7) is -0.0257. The minimum absolute atomic E-state index is 0.147. The molecule has 0 spiro atoms. The first kappa shape index (κ1) is 22.2. The van der Waals surface area contributed by atoms with Crippen LogP contribution in [0.3, 0.4) is 0 Å². The maximum absolute atomic E-state index is 14.5. The van der Waals surface area contributed by atoms with E-state index in [1.807, 2.05) is 30.3 Å². The van der Waals surface area contributed by atoms with Crippen LogP contribution < -0.4 is 16.6 Å². The van der Waals surface area contributed by atoms with Crippen LogP contribution >= 0.6 is 11.6 Å². The Morgan fingerprint density at radius 1 is 0.939 bits per heavy atom. The van der Waals surface area contributed by atoms with Crippen LogP contribution in [0, 0.1) is 5.82 Å². The molecule has 0 saturated carbocycles. The van der Waals surface area contributed by atoms with Crippen molar-refractivity contribution in [3.63, 3.8) is 0 Å². The van der Waals surface area contributed by atoms with Crippen molar-refractivity contribution < 1.29 is 9.18 Å². The van der Waals surface area contributed by atoms with Crippen molar-refractivity contribution >= 4 is 17.5 Å². The van der Waals surface area contributed by atoms with Gasteiger partial charge in [0.2, 0.25) is 5.69 Å². The fourth-order valence-corrected chi connectivity index (χ4v) is 3.47. The Morgan fingerprint density at radius 2 is 1.64 bits per heavy atom. The monoisotopic (exact) mass is 464 g/mol. The van der Waals surface area contributed by atoms with Gasteiger partial charge in [0, 0.05) is 11.6 Å². The molecule has 0 fully saturated rings. The average Bonchev–Trinajstić information content (AvgIpc) is 2.82. The molecule has 0 aliphatic carbocycles. The van der Waals surface area contributed by atoms with Gasteiger partial charge in [-0.15, -0.1) is 0 Å². The zero-order chi connectivity index (χ0) is 23.4. The van der Waals surface area contributed by atoms with Crippen molar-refractivity contribution in [2.24, 2.45) is 0 Å². The second-order valence-corrected chi connectivity index (χ2v) is 7.62. The van der Waals surface area contributed by atoms with E-state index in [1.165, 1.54) is 18.2 Å². The number of rotatable bonds is 6. The lowest BCUT2D eigenvalue weighted by molar-refractivity contribution is 0.0941. The highest BCUT2D eigenvalue weighted by Crippen LogP contribution is 2.12. The highest BCUT2D eigenvalue weighted by molar-refractivity contribution is 6.30. The van der Waals surface area contributed by atoms with E-state index in [2.05, 4.69) is 10.4 Å². The molecule has 4 rings (SSSR count). The van der Waals surface area contributed by atoms with Crippen molar-refractivity contribution in [3.05, 3.63) is 127 Å². The predicted molar refractivity (Wildman–Crippen MR) is 122 cm³/mol. The lowest BCUT2D eigenvalue weighted by atomic mass is 10.2. The van der Waals surface area contributed by atoms with Gasteiger partial charge in [-0.25, -0.2) is 9.18 Å². The van der Waals surface area contributed by atoms with Gasteiger partial charge in [0.25, 0.3) is 11.5 Å². The van der Waals surface area contributed by atoms with Gasteiger partial charge >= 0.3 is 5.69 Å². The minimum atomic E-state index is -0.891. The van der Waals surface area contributed by atoms with Crippen LogP contribution in [0.15, 0.2) is 88.5 Å². The van der Waals surface area contributed by atoms with E-state index in [1.54, 1.807) is 24.3 Å². The summed E-state index contributed by atoms with van der Waals surface area (Å²) in [7, 11) is 0. The molecule has 0 unspecified atom stereocenters. The third-order valence-electron chi connectivity index (χ3n) is 4.88. The number of carbonyl (C=O) groups excluding carboxylic acids is 1. The van der Waals surface area contributed by atoms with E-state index in [9.17, 15) is 18.8 Å². The number of hydrogen-bond acceptors (Lipinski definition) is 4. The Morgan fingerprint density at radius 3 is 2.36 bits per heavy atom. The number of hydrogen-bond donors (Lipinski definition) is 1. The van der Waals surface area contributed by atoms with Crippen molar-refractivity contribution in [2.45, 2.75) is 13.1 Å². The summed E-state index contributed by atoms with van der Waals surface area (Å²) in [5, 5.41) is 6.97. The van der Waals surface area contributed by atoms with E-state index in [4.69, 9.17) is 11.6 Å². The highest BCUT2D eigenvalue weighted by atomic mass is 35.5. The highest BCUT2D eigenvalue weighted by Gasteiger charge is 2.21. The van der Waals surface area contributed by atoms with Gasteiger partial charge < -0.3 is 5.32 Å². The quantitative estimate of drug-likeness (QED) is 0.475. The molecule has 1 N–H and O–H groups in total. The molecule has 7 nitrogen and oxygen atoms in total. The molecule has 3 aromatic carbocycles. The number of nitrogens with one attached hydrogen (secondary N) is 1. The summed E-state index contributed by atoms with van der Waals surface area (Å²) >= 11 is 6.02. The molecule has 9 heteroatoms. The summed E-state index contributed by atoms with van der Waals surface area (Å²) in [4.78, 5) is 39.1. The van der Waals surface area contributed by atoms with Crippen LogP contribution in [0.2, 0.25) is 5.02 Å². The van der Waals surface area contributed by atoms with Gasteiger partial charge in [-0.3, -0.25) is 14.2 Å². The normalized spacial score (nSPS) is 10.7. The molecule has 33 heavy (non-hydrogen) atoms. The van der Waals surface area contributed by atoms with E-state index in [0.29, 0.717) is 10.6 Å². The molecule has 1 heterocycles. The van der Waals surface area contributed by atoms with Crippen LogP contribution in [-0.4, -0.2) is 20.3 Å². The smallest absolute Gasteiger partial charge is 0.346 e. The maximum Gasteiger partial charge on any atom is 0.352 e. The van der Waals surface area contributed by atoms with Gasteiger partial charge in [0.15, 0.2) is 0 Å². The molecule has 0 aliphatic rings. The van der Waals surface area contributed by atoms with Gasteiger partial charge in [0.05, 0.1) is 6.54 Å². The maximum atomic E-state index is 14.5. The first-order valence-corrected chi connectivity index (χ1v) is 10.4. The molecule has 0 bridgehead atoms. The van der Waals surface area contributed by atoms with Crippen molar-refractivity contribution in [2.75, 3.05) is 0 Å². The Balaban J connectivity index is 1.81. The predicted octanol–water partition coefficient (Wildman–Crippen LogP) is 3.17. The average molecular weight is 465 g/mol. The summed E-state index contributed by atoms with van der Waals surface area (Å²) in [6.07, 6.45) is 0. The summed E-state index contributed by atoms with van der Waals surface area (Å²) in [5.74, 6) is -1.51. The van der Waals surface area contributed by atoms with Crippen LogP contribution in [0.5, 0.6) is 0 Å². The van der Waals surface area contributed by atoms with Gasteiger partial charge in [-0.1, -0.05) is 66.2 Å². The molecular weight excluding hydrogens is 447 g/mol. The van der Waals surface area contributed by atoms with Crippen molar-refractivity contribution in [1.29, 1.82) is 0 Å². The topological polar surface area (TPSA) is 86.0 Å². The standard InChI is InChI=1S/C24H18ClFN4O3/c25-18-10-6-9-17(13-18)15-29-23(32)21(22(31)27-14-16-7-2-1-3-8-16)28-30(24(29)33)20-12-5-4-11-19(20)26/h1-13H,14-15H2,(H,27,31). The molecule has 4 aromatic rings. The van der Waals surface area contributed by atoms with Crippen LogP contribution in [-0.2, 0) is 13.1 Å². The molecule has 1 amide bonds. The Labute approximate surface area is 192 Å². The number of halogens is 2. The molecule has 0 saturated heterocycles. The van der Waals surface area contributed by atoms with E-state index in [0.717, 1.165) is 20.9 Å². The first-order valence-electron chi connectivity index (χ1n) is 9.99. The number of aromatic nitrogens is 3. The van der Waals surface area contributed by atoms with E-state index in [-0.39, 0.29) is 18.8 Å². The van der Waals surface area contributed by atoms with Crippen LogP contribution in [0.1, 0.15) is 21.6 Å². The van der Waals surface area contributed by atoms with Gasteiger partial charge in [-0.05, 0) is 35.4 Å². The number of benzene rings is 3. The third-order valence-corrected chi connectivity index (χ3v) is 5.12. The number of para-hydroxylation sites is 1. The zero-order valence-corrected chi connectivity index (χ0v) is 18.0. The fraction of sp³-hybridized carbons (Fsp3) is 0.0833. The van der Waals surface area contributed by atoms with Crippen LogP contribution in [0.4, 0.5) is 4.39 Å². The molecule has 0 aliphatic heterocycles. The summed E-state index contributed by atoms with van der Waals surface area (Å²) < 4.78 is 16.0. The van der Waals surface area contributed by atoms with Crippen LogP contribution in [0.25, 0.3) is 5.69 Å². The van der Waals surface area contributed by atoms with E-state index >= 15 is 0 Å². The summed E-state index contributed by atoms with van der Waals surface area (Å²) in [5.41, 5.74) is -1.12. The first-order chi connectivity index (χ1) is 15.9. The second-order valence-electron chi connectivity index (χ2n) is 7.18. The molecule has 1 aromatic heterocycles. The molecule has 0 radical (unpaired) electrons. The Bertz CT molecular complexity index is 1430. The summed E-state index contributed by atoms with van der Waals surface area (Å²) in [6, 6.07) is 21.2. The lowest BCUT2D eigenvalue weighted by Gasteiger charge is -2.13. The fourth-order valence-electron chi connectivity index (χ4n) is 3.26. The number of nitrogens with zero attached hydrogens (tertiary/aromatic N) is 3. The van der Waals surface area contributed by atoms with Gasteiger partial charge in [-0.2, -0.15) is 9.78 Å². The minimum Gasteiger partial charge on any atom is -0.346 e. The van der Waals surface area contributed by atoms with Crippen molar-refractivity contribution in [1.82, 2.24) is 19.7 Å². The molecular formula is C24H18ClFN4O3. The number of amides is 1. The van der Waals surface area contributed by atoms with Gasteiger partial charge in [0.1, 0.15) is 11.5 Å². The molecule has 166 valence electrons. The third kappa shape index (κ3) is 4.91.